The second-order valence-corrected chi connectivity index (χ2v) is 23.7. The van der Waals surface area contributed by atoms with Crippen LogP contribution >= 0.6 is 0 Å². The van der Waals surface area contributed by atoms with Gasteiger partial charge in [0.1, 0.15) is 11.2 Å². The van der Waals surface area contributed by atoms with Gasteiger partial charge in [-0.3, -0.25) is 0 Å². The van der Waals surface area contributed by atoms with Crippen LogP contribution in [0, 0.1) is 0 Å². The highest BCUT2D eigenvalue weighted by atomic mass is 16.3. The third-order valence-corrected chi connectivity index (χ3v) is 14.8. The van der Waals surface area contributed by atoms with Crippen molar-refractivity contribution in [2.24, 2.45) is 0 Å². The van der Waals surface area contributed by atoms with Gasteiger partial charge in [-0.15, -0.1) is 0 Å². The first-order valence-corrected chi connectivity index (χ1v) is 24.8. The highest BCUT2D eigenvalue weighted by Crippen LogP contribution is 2.59. The molecule has 1 aliphatic carbocycles. The summed E-state index contributed by atoms with van der Waals surface area (Å²) in [5, 5.41) is 2.21. The van der Waals surface area contributed by atoms with Crippen LogP contribution in [0.3, 0.4) is 0 Å². The van der Waals surface area contributed by atoms with E-state index in [4.69, 9.17) is 4.42 Å². The monoisotopic (exact) mass is 905 g/mol. The van der Waals surface area contributed by atoms with Gasteiger partial charge in [0.05, 0.1) is 11.1 Å². The maximum atomic E-state index is 7.23. The summed E-state index contributed by atoms with van der Waals surface area (Å²) in [6, 6.07) is 66.0. The van der Waals surface area contributed by atoms with Crippen LogP contribution < -0.4 is 9.80 Å². The number of hydrogen-bond acceptors (Lipinski definition) is 3. The number of hydrogen-bond donors (Lipinski definition) is 0. The van der Waals surface area contributed by atoms with E-state index in [1.807, 2.05) is 0 Å². The molecule has 1 atom stereocenters. The van der Waals surface area contributed by atoms with Crippen molar-refractivity contribution in [2.75, 3.05) is 9.80 Å². The maximum absolute atomic E-state index is 7.23. The highest BCUT2D eigenvalue weighted by Gasteiger charge is 2.44. The summed E-state index contributed by atoms with van der Waals surface area (Å²) in [5.74, 6) is 0. The molecule has 0 saturated carbocycles. The number of nitrogens with zero attached hydrogens (tertiary/aromatic N) is 2. The Bertz CT molecular complexity index is 3210. The molecule has 8 aromatic carbocycles. The van der Waals surface area contributed by atoms with Crippen LogP contribution in [0.2, 0.25) is 0 Å². The number of anilines is 6. The van der Waals surface area contributed by atoms with E-state index in [0.29, 0.717) is 0 Å². The van der Waals surface area contributed by atoms with Crippen molar-refractivity contribution < 1.29 is 4.42 Å². The molecule has 10 rings (SSSR count). The molecule has 0 amide bonds. The lowest BCUT2D eigenvalue weighted by Gasteiger charge is -2.33. The van der Waals surface area contributed by atoms with Crippen molar-refractivity contribution in [1.29, 1.82) is 0 Å². The third kappa shape index (κ3) is 8.04. The minimum absolute atomic E-state index is 0.0166. The summed E-state index contributed by atoms with van der Waals surface area (Å²) in [7, 11) is 0. The molecule has 3 heteroatoms. The van der Waals surface area contributed by atoms with Crippen LogP contribution in [0.1, 0.15) is 129 Å². The van der Waals surface area contributed by atoms with E-state index in [2.05, 4.69) is 276 Å². The zero-order valence-electron chi connectivity index (χ0n) is 43.0. The zero-order valence-corrected chi connectivity index (χ0v) is 43.0. The van der Waals surface area contributed by atoms with Crippen LogP contribution in [0.15, 0.2) is 180 Å². The second-order valence-electron chi connectivity index (χ2n) is 23.7. The number of fused-ring (bicyclic) bond motifs is 7. The molecule has 1 heterocycles. The van der Waals surface area contributed by atoms with Gasteiger partial charge in [-0.05, 0) is 146 Å². The fourth-order valence-electron chi connectivity index (χ4n) is 10.6. The van der Waals surface area contributed by atoms with Crippen molar-refractivity contribution in [3.05, 3.63) is 215 Å². The molecule has 1 aliphatic rings. The Morgan fingerprint density at radius 1 is 0.391 bits per heavy atom. The average Bonchev–Trinajstić information content (AvgIpc) is 3.82. The van der Waals surface area contributed by atoms with E-state index < -0.39 is 5.41 Å². The zero-order chi connectivity index (χ0) is 48.8. The van der Waals surface area contributed by atoms with Gasteiger partial charge < -0.3 is 14.2 Å². The van der Waals surface area contributed by atoms with E-state index in [1.165, 1.54) is 44.5 Å². The number of rotatable bonds is 7. The Hall–Kier alpha value is -6.84. The molecule has 1 unspecified atom stereocenters. The number of para-hydroxylation sites is 1. The van der Waals surface area contributed by atoms with E-state index >= 15 is 0 Å². The number of benzene rings is 8. The Balaban J connectivity index is 1.25. The minimum Gasteiger partial charge on any atom is -0.455 e. The summed E-state index contributed by atoms with van der Waals surface area (Å²) in [6.07, 6.45) is 0. The van der Waals surface area contributed by atoms with Crippen molar-refractivity contribution >= 4 is 56.1 Å². The quantitative estimate of drug-likeness (QED) is 0.159. The third-order valence-electron chi connectivity index (χ3n) is 14.8. The van der Waals surface area contributed by atoms with Gasteiger partial charge in [-0.2, -0.15) is 0 Å². The molecule has 1 aromatic heterocycles. The lowest BCUT2D eigenvalue weighted by molar-refractivity contribution is 0.590. The molecule has 69 heavy (non-hydrogen) atoms. The predicted octanol–water partition coefficient (Wildman–Crippen LogP) is 19.1. The normalized spacial score (nSPS) is 15.1. The molecule has 3 nitrogen and oxygen atoms in total. The van der Waals surface area contributed by atoms with Gasteiger partial charge in [0, 0.05) is 44.8 Å². The largest absolute Gasteiger partial charge is 0.455 e. The SMILES string of the molecule is CC(C)(C)c1ccc(N(c2ccc(C(C)(C)C)cc2)c2ccc3c(c2)C(C)(c2ccccc2)c2cc(N(c4ccc(C(C)(C)C)cc4)c4ccc(C(C)(C)C)cc4)c4c(oc5ccccc54)c2-3)cc1. The molecular weight excluding hydrogens is 837 g/mol. The molecule has 9 aromatic rings. The van der Waals surface area contributed by atoms with Crippen molar-refractivity contribution in [3.8, 4) is 11.1 Å². The maximum Gasteiger partial charge on any atom is 0.145 e. The minimum atomic E-state index is -0.556. The fourth-order valence-corrected chi connectivity index (χ4v) is 10.6. The topological polar surface area (TPSA) is 19.6 Å². The van der Waals surface area contributed by atoms with Gasteiger partial charge in [-0.25, -0.2) is 0 Å². The fraction of sp³-hybridized carbons (Fsp3) is 0.273. The molecule has 0 aliphatic heterocycles. The van der Waals surface area contributed by atoms with Gasteiger partial charge in [0.2, 0.25) is 0 Å². The van der Waals surface area contributed by atoms with Crippen LogP contribution in [0.5, 0.6) is 0 Å². The van der Waals surface area contributed by atoms with Gasteiger partial charge >= 0.3 is 0 Å². The van der Waals surface area contributed by atoms with E-state index in [0.717, 1.165) is 61.6 Å². The van der Waals surface area contributed by atoms with Crippen molar-refractivity contribution in [1.82, 2.24) is 0 Å². The second kappa shape index (κ2) is 16.4. The molecule has 0 N–H and O–H groups in total. The summed E-state index contributed by atoms with van der Waals surface area (Å²) in [4.78, 5) is 4.90. The molecule has 0 bridgehead atoms. The molecule has 0 saturated heterocycles. The molecular formula is C66H68N2O. The smallest absolute Gasteiger partial charge is 0.145 e. The van der Waals surface area contributed by atoms with Crippen molar-refractivity contribution in [3.63, 3.8) is 0 Å². The first kappa shape index (κ1) is 45.9. The Labute approximate surface area is 411 Å². The molecule has 348 valence electrons. The van der Waals surface area contributed by atoms with E-state index in [-0.39, 0.29) is 21.7 Å². The lowest BCUT2D eigenvalue weighted by atomic mass is 9.74. The molecule has 0 spiro atoms. The van der Waals surface area contributed by atoms with Gasteiger partial charge in [-0.1, -0.05) is 186 Å². The first-order valence-electron chi connectivity index (χ1n) is 24.8. The lowest BCUT2D eigenvalue weighted by Crippen LogP contribution is -2.23. The standard InChI is InChI=1S/C66H68N2O/c1-62(2,3)43-23-31-48(32-24-43)67(49-33-25-44(26-34-49)63(4,5)6)52-39-40-53-55(41-52)66(13,47-19-15-14-16-20-47)56-42-57(60-54-21-17-18-22-58(54)69-61(60)59(53)56)68(50-35-27-45(28-36-50)64(7,8)9)51-37-29-46(30-38-51)65(10,11)12/h14-42H,1-13H3. The van der Waals surface area contributed by atoms with Crippen LogP contribution in [0.4, 0.5) is 34.1 Å². The first-order chi connectivity index (χ1) is 32.6. The highest BCUT2D eigenvalue weighted by molar-refractivity contribution is 6.19. The van der Waals surface area contributed by atoms with Gasteiger partial charge in [0.15, 0.2) is 0 Å². The van der Waals surface area contributed by atoms with Crippen LogP contribution in [0.25, 0.3) is 33.1 Å². The predicted molar refractivity (Wildman–Crippen MR) is 295 cm³/mol. The Morgan fingerprint density at radius 2 is 0.797 bits per heavy atom. The van der Waals surface area contributed by atoms with Crippen LogP contribution in [-0.2, 0) is 27.1 Å². The van der Waals surface area contributed by atoms with E-state index in [1.54, 1.807) is 0 Å². The van der Waals surface area contributed by atoms with Crippen LogP contribution in [-0.4, -0.2) is 0 Å². The summed E-state index contributed by atoms with van der Waals surface area (Å²) in [5.41, 5.74) is 19.3. The summed E-state index contributed by atoms with van der Waals surface area (Å²) >= 11 is 0. The summed E-state index contributed by atoms with van der Waals surface area (Å²) < 4.78 is 7.23. The van der Waals surface area contributed by atoms with Crippen molar-refractivity contribution in [2.45, 2.75) is 117 Å². The number of furan rings is 1. The summed E-state index contributed by atoms with van der Waals surface area (Å²) in [6.45, 7) is 29.8. The van der Waals surface area contributed by atoms with Gasteiger partial charge in [0.25, 0.3) is 0 Å². The van der Waals surface area contributed by atoms with E-state index in [9.17, 15) is 0 Å². The average molecular weight is 905 g/mol. The molecule has 0 radical (unpaired) electrons. The Morgan fingerprint density at radius 3 is 1.25 bits per heavy atom. The molecule has 0 fully saturated rings. The Kier molecular flexibility index (Phi) is 10.9.